The van der Waals surface area contributed by atoms with Gasteiger partial charge < -0.3 is 14.8 Å². The summed E-state index contributed by atoms with van der Waals surface area (Å²) in [7, 11) is 3.08. The number of nitrogens with one attached hydrogen (secondary N) is 1. The molecule has 146 valence electrons. The number of Topliss-reactive ketones (excluding diaryl/α,β-unsaturated/α-hetero) is 1. The molecule has 1 amide bonds. The van der Waals surface area contributed by atoms with E-state index in [9.17, 15) is 9.59 Å². The fraction of sp³-hybridized carbons (Fsp3) is 0.318. The number of aliphatic imine (C=N–C) groups is 1. The Morgan fingerprint density at radius 2 is 1.79 bits per heavy atom. The van der Waals surface area contributed by atoms with E-state index in [-0.39, 0.29) is 30.3 Å². The van der Waals surface area contributed by atoms with Crippen LogP contribution in [0.2, 0.25) is 0 Å². The number of rotatable bonds is 7. The molecule has 1 heterocycles. The molecule has 0 spiro atoms. The van der Waals surface area contributed by atoms with Gasteiger partial charge >= 0.3 is 0 Å². The van der Waals surface area contributed by atoms with Crippen LogP contribution in [0.4, 0.5) is 5.69 Å². The monoisotopic (exact) mass is 380 g/mol. The summed E-state index contributed by atoms with van der Waals surface area (Å²) in [4.78, 5) is 29.1. The zero-order valence-corrected chi connectivity index (χ0v) is 16.5. The summed E-state index contributed by atoms with van der Waals surface area (Å²) in [5.74, 6) is 0.474. The van der Waals surface area contributed by atoms with E-state index in [0.717, 1.165) is 22.6 Å². The second-order valence-electron chi connectivity index (χ2n) is 7.19. The van der Waals surface area contributed by atoms with E-state index in [4.69, 9.17) is 14.5 Å². The summed E-state index contributed by atoms with van der Waals surface area (Å²) >= 11 is 0. The van der Waals surface area contributed by atoms with Gasteiger partial charge in [-0.3, -0.25) is 14.6 Å². The zero-order valence-electron chi connectivity index (χ0n) is 16.5. The first-order valence-corrected chi connectivity index (χ1v) is 9.03. The molecule has 0 atom stereocenters. The van der Waals surface area contributed by atoms with E-state index in [1.807, 2.05) is 32.0 Å². The van der Waals surface area contributed by atoms with Crippen LogP contribution in [0.1, 0.15) is 41.8 Å². The first-order chi connectivity index (χ1) is 13.3. The summed E-state index contributed by atoms with van der Waals surface area (Å²) < 4.78 is 10.1. The summed E-state index contributed by atoms with van der Waals surface area (Å²) in [6.07, 6.45) is 0.207. The van der Waals surface area contributed by atoms with Crippen LogP contribution in [0, 0.1) is 0 Å². The highest BCUT2D eigenvalue weighted by atomic mass is 16.5. The van der Waals surface area contributed by atoms with E-state index in [1.54, 1.807) is 31.4 Å². The highest BCUT2D eigenvalue weighted by Crippen LogP contribution is 2.37. The molecule has 6 heteroatoms. The molecule has 1 aliphatic heterocycles. The summed E-state index contributed by atoms with van der Waals surface area (Å²) in [5.41, 5.74) is 3.64. The molecule has 2 aromatic rings. The number of methoxy groups -OCH3 is 2. The minimum atomic E-state index is -0.368. The van der Waals surface area contributed by atoms with Crippen molar-refractivity contribution >= 4 is 23.1 Å². The highest BCUT2D eigenvalue weighted by Gasteiger charge is 2.32. The smallest absolute Gasteiger partial charge is 0.250 e. The predicted octanol–water partition coefficient (Wildman–Crippen LogP) is 3.59. The molecule has 0 aliphatic carbocycles. The van der Waals surface area contributed by atoms with E-state index >= 15 is 0 Å². The number of ether oxygens (including phenoxy) is 2. The standard InChI is InChI=1S/C22H24N2O4/c1-22(2)18-10-9-16(28-4)11-17(18)19(24-22)12-20(25)14-5-7-15(8-6-14)23-21(26)13-27-3/h5-11H,12-13H2,1-4H3,(H,23,26). The number of hydrogen-bond donors (Lipinski definition) is 1. The molecule has 0 radical (unpaired) electrons. The van der Waals surface area contributed by atoms with Gasteiger partial charge in [0.1, 0.15) is 12.4 Å². The van der Waals surface area contributed by atoms with Crippen LogP contribution in [-0.2, 0) is 15.1 Å². The average molecular weight is 380 g/mol. The zero-order chi connectivity index (χ0) is 20.3. The molecule has 0 aromatic heterocycles. The Balaban J connectivity index is 1.76. The second kappa shape index (κ2) is 7.94. The summed E-state index contributed by atoms with van der Waals surface area (Å²) in [6, 6.07) is 12.7. The van der Waals surface area contributed by atoms with Crippen LogP contribution in [0.15, 0.2) is 47.5 Å². The van der Waals surface area contributed by atoms with Gasteiger partial charge in [-0.2, -0.15) is 0 Å². The number of carbonyl (C=O) groups is 2. The van der Waals surface area contributed by atoms with Gasteiger partial charge in [0.15, 0.2) is 5.78 Å². The summed E-state index contributed by atoms with van der Waals surface area (Å²) in [6.45, 7) is 4.06. The topological polar surface area (TPSA) is 77.0 Å². The largest absolute Gasteiger partial charge is 0.497 e. The van der Waals surface area contributed by atoms with Crippen molar-refractivity contribution in [2.24, 2.45) is 4.99 Å². The van der Waals surface area contributed by atoms with Crippen molar-refractivity contribution < 1.29 is 19.1 Å². The summed E-state index contributed by atoms with van der Waals surface area (Å²) in [5, 5.41) is 2.71. The number of anilines is 1. The fourth-order valence-electron chi connectivity index (χ4n) is 3.34. The normalized spacial score (nSPS) is 14.2. The Bertz CT molecular complexity index is 930. The number of amides is 1. The van der Waals surface area contributed by atoms with Crippen LogP contribution < -0.4 is 10.1 Å². The van der Waals surface area contributed by atoms with Gasteiger partial charge in [-0.15, -0.1) is 0 Å². The average Bonchev–Trinajstić information content (AvgIpc) is 2.92. The van der Waals surface area contributed by atoms with Crippen LogP contribution in [0.25, 0.3) is 0 Å². The molecular formula is C22H24N2O4. The Morgan fingerprint density at radius 1 is 1.07 bits per heavy atom. The first kappa shape index (κ1) is 19.8. The molecule has 0 unspecified atom stereocenters. The predicted molar refractivity (Wildman–Crippen MR) is 108 cm³/mol. The molecule has 1 aliphatic rings. The lowest BCUT2D eigenvalue weighted by Crippen LogP contribution is -2.17. The van der Waals surface area contributed by atoms with Crippen molar-refractivity contribution in [2.45, 2.75) is 25.8 Å². The van der Waals surface area contributed by atoms with Crippen molar-refractivity contribution in [3.8, 4) is 5.75 Å². The van der Waals surface area contributed by atoms with Gasteiger partial charge in [-0.25, -0.2) is 0 Å². The third-order valence-electron chi connectivity index (χ3n) is 4.71. The lowest BCUT2D eigenvalue weighted by Gasteiger charge is -2.16. The van der Waals surface area contributed by atoms with Gasteiger partial charge in [-0.1, -0.05) is 6.07 Å². The Hall–Kier alpha value is -2.99. The highest BCUT2D eigenvalue weighted by molar-refractivity contribution is 6.17. The molecule has 0 fully saturated rings. The lowest BCUT2D eigenvalue weighted by molar-refractivity contribution is -0.119. The van der Waals surface area contributed by atoms with Gasteiger partial charge in [-0.05, 0) is 55.8 Å². The molecule has 0 saturated carbocycles. The third kappa shape index (κ3) is 4.12. The molecule has 6 nitrogen and oxygen atoms in total. The maximum absolute atomic E-state index is 12.8. The third-order valence-corrected chi connectivity index (χ3v) is 4.71. The number of hydrogen-bond acceptors (Lipinski definition) is 5. The van der Waals surface area contributed by atoms with E-state index in [2.05, 4.69) is 5.32 Å². The Kier molecular flexibility index (Phi) is 5.61. The number of nitrogens with zero attached hydrogens (tertiary/aromatic N) is 1. The van der Waals surface area contributed by atoms with E-state index < -0.39 is 0 Å². The molecular weight excluding hydrogens is 356 g/mol. The maximum atomic E-state index is 12.8. The molecule has 3 rings (SSSR count). The molecule has 0 bridgehead atoms. The fourth-order valence-corrected chi connectivity index (χ4v) is 3.34. The maximum Gasteiger partial charge on any atom is 0.250 e. The molecule has 1 N–H and O–H groups in total. The van der Waals surface area contributed by atoms with Gasteiger partial charge in [0, 0.05) is 23.9 Å². The van der Waals surface area contributed by atoms with Crippen molar-refractivity contribution in [1.82, 2.24) is 0 Å². The number of carbonyl (C=O) groups excluding carboxylic acids is 2. The Labute approximate surface area is 164 Å². The number of fused-ring (bicyclic) bond motifs is 1. The van der Waals surface area contributed by atoms with Crippen LogP contribution in [-0.4, -0.2) is 38.2 Å². The first-order valence-electron chi connectivity index (χ1n) is 9.03. The Morgan fingerprint density at radius 3 is 2.43 bits per heavy atom. The molecule has 28 heavy (non-hydrogen) atoms. The van der Waals surface area contributed by atoms with E-state index in [1.165, 1.54) is 7.11 Å². The van der Waals surface area contributed by atoms with Gasteiger partial charge in [0.05, 0.1) is 24.8 Å². The number of benzene rings is 2. The second-order valence-corrected chi connectivity index (χ2v) is 7.19. The minimum absolute atomic E-state index is 0.0147. The van der Waals surface area contributed by atoms with Crippen LogP contribution in [0.3, 0.4) is 0 Å². The lowest BCUT2D eigenvalue weighted by atomic mass is 9.91. The van der Waals surface area contributed by atoms with Crippen molar-refractivity contribution in [3.63, 3.8) is 0 Å². The molecule has 2 aromatic carbocycles. The van der Waals surface area contributed by atoms with Crippen molar-refractivity contribution in [2.75, 3.05) is 26.1 Å². The van der Waals surface area contributed by atoms with E-state index in [0.29, 0.717) is 11.3 Å². The van der Waals surface area contributed by atoms with Crippen molar-refractivity contribution in [3.05, 3.63) is 59.2 Å². The quantitative estimate of drug-likeness (QED) is 0.745. The molecule has 0 saturated heterocycles. The van der Waals surface area contributed by atoms with Crippen molar-refractivity contribution in [1.29, 1.82) is 0 Å². The van der Waals surface area contributed by atoms with Crippen LogP contribution >= 0.6 is 0 Å². The minimum Gasteiger partial charge on any atom is -0.497 e. The van der Waals surface area contributed by atoms with Gasteiger partial charge in [0.2, 0.25) is 5.91 Å². The van der Waals surface area contributed by atoms with Gasteiger partial charge in [0.25, 0.3) is 0 Å². The number of ketones is 1. The van der Waals surface area contributed by atoms with Crippen LogP contribution in [0.5, 0.6) is 5.75 Å². The SMILES string of the molecule is COCC(=O)Nc1ccc(C(=O)CC2=NC(C)(C)c3ccc(OC)cc32)cc1.